The molecule has 0 radical (unpaired) electrons. The molecule has 0 bridgehead atoms. The van der Waals surface area contributed by atoms with Gasteiger partial charge in [-0.15, -0.1) is 0 Å². The van der Waals surface area contributed by atoms with Crippen molar-refractivity contribution < 1.29 is 5.11 Å². The molecule has 4 heteroatoms. The van der Waals surface area contributed by atoms with Crippen molar-refractivity contribution in [1.29, 1.82) is 0 Å². The van der Waals surface area contributed by atoms with Crippen molar-refractivity contribution >= 4 is 67.0 Å². The Morgan fingerprint density at radius 1 is 1.80 bits per heavy atom. The van der Waals surface area contributed by atoms with E-state index in [0.717, 1.165) is 0 Å². The second-order valence-electron chi connectivity index (χ2n) is 0.283. The van der Waals surface area contributed by atoms with Crippen LogP contribution in [0.25, 0.3) is 0 Å². The third-order valence-electron chi connectivity index (χ3n) is 0. The standard InChI is InChI=1S/CH2OS2.Ca.2H/c2-1(3)4;;;/h(H2,2,3,4);;;. The van der Waals surface area contributed by atoms with Crippen LogP contribution in [-0.2, 0) is 0 Å². The molecule has 0 aromatic rings. The second kappa shape index (κ2) is 5.50. The number of hydrogen-bond acceptors (Lipinski definition) is 1. The molecule has 0 heterocycles. The van der Waals surface area contributed by atoms with Gasteiger partial charge in [-0.3, -0.25) is 0 Å². The summed E-state index contributed by atoms with van der Waals surface area (Å²) in [6.07, 6.45) is 0. The van der Waals surface area contributed by atoms with Crippen LogP contribution in [0.3, 0.4) is 0 Å². The fourth-order valence-corrected chi connectivity index (χ4v) is 0. The molecule has 0 aliphatic carbocycles. The van der Waals surface area contributed by atoms with Gasteiger partial charge in [-0.2, -0.15) is 0 Å². The van der Waals surface area contributed by atoms with Crippen molar-refractivity contribution in [1.82, 2.24) is 0 Å². The molecule has 0 amide bonds. The van der Waals surface area contributed by atoms with Crippen molar-refractivity contribution in [3.63, 3.8) is 0 Å². The number of thiocarbonyl (C=S) groups is 1. The third kappa shape index (κ3) is 29.9. The van der Waals surface area contributed by atoms with Gasteiger partial charge in [0.1, 0.15) is 0 Å². The number of rotatable bonds is 0. The molecule has 0 aromatic carbocycles. The molecule has 0 saturated carbocycles. The van der Waals surface area contributed by atoms with Crippen LogP contribution in [0.5, 0.6) is 0 Å². The van der Waals surface area contributed by atoms with Gasteiger partial charge >= 0.3 is 37.7 Å². The summed E-state index contributed by atoms with van der Waals surface area (Å²) >= 11 is 7.21. The zero-order valence-corrected chi connectivity index (χ0v) is 3.51. The van der Waals surface area contributed by atoms with Crippen molar-refractivity contribution in [2.45, 2.75) is 0 Å². The average Bonchev–Trinajstić information content (AvgIpc) is 0.811. The summed E-state index contributed by atoms with van der Waals surface area (Å²) in [5.74, 6) is 0. The number of thiol groups is 1. The Labute approximate surface area is 71.2 Å². The third-order valence-corrected chi connectivity index (χ3v) is 0. The molecule has 0 aromatic heterocycles. The Hall–Kier alpha value is 1.50. The van der Waals surface area contributed by atoms with E-state index in [1.165, 1.54) is 0 Å². The van der Waals surface area contributed by atoms with Crippen molar-refractivity contribution in [3.8, 4) is 0 Å². The number of hydrogen-bond donors (Lipinski definition) is 2. The predicted octanol–water partition coefficient (Wildman–Crippen LogP) is -0.157. The fourth-order valence-electron chi connectivity index (χ4n) is 0. The zero-order valence-electron chi connectivity index (χ0n) is 1.80. The van der Waals surface area contributed by atoms with Crippen LogP contribution in [0, 0.1) is 0 Å². The predicted molar refractivity (Wildman–Crippen MR) is 32.8 cm³/mol. The van der Waals surface area contributed by atoms with Crippen LogP contribution >= 0.6 is 24.8 Å². The first-order chi connectivity index (χ1) is 1.73. The van der Waals surface area contributed by atoms with Gasteiger partial charge in [0, 0.05) is 0 Å². The van der Waals surface area contributed by atoms with Crippen molar-refractivity contribution in [2.75, 3.05) is 0 Å². The molecule has 0 spiro atoms. The van der Waals surface area contributed by atoms with Gasteiger partial charge in [0.15, 0.2) is 0 Å². The molecular weight excluding hydrogens is 132 g/mol. The summed E-state index contributed by atoms with van der Waals surface area (Å²) in [6, 6.07) is 0. The van der Waals surface area contributed by atoms with Crippen LogP contribution in [0.1, 0.15) is 0 Å². The van der Waals surface area contributed by atoms with E-state index < -0.39 is 0 Å². The molecule has 0 saturated heterocycles. The molecular formula is CH4CaOS2. The van der Waals surface area contributed by atoms with E-state index in [0.29, 0.717) is 0 Å². The van der Waals surface area contributed by atoms with Crippen LogP contribution in [0.15, 0.2) is 0 Å². The molecule has 1 N–H and O–H groups in total. The monoisotopic (exact) mass is 136 g/mol. The van der Waals surface area contributed by atoms with Gasteiger partial charge in [0.25, 0.3) is 0 Å². The van der Waals surface area contributed by atoms with Crippen molar-refractivity contribution in [2.24, 2.45) is 0 Å². The Kier molecular flexibility index (Phi) is 10.7. The first-order valence-corrected chi connectivity index (χ1v) is 1.51. The number of aliphatic hydroxyl groups excluding tert-OH is 1. The van der Waals surface area contributed by atoms with E-state index in [1.807, 2.05) is 0 Å². The minimum atomic E-state index is -0.306. The maximum atomic E-state index is 7.65. The van der Waals surface area contributed by atoms with Gasteiger partial charge in [-0.25, -0.2) is 0 Å². The van der Waals surface area contributed by atoms with E-state index in [9.17, 15) is 0 Å². The summed E-state index contributed by atoms with van der Waals surface area (Å²) in [5, 5.41) is 7.65. The zero-order chi connectivity index (χ0) is 3.58. The molecule has 0 rings (SSSR count). The van der Waals surface area contributed by atoms with E-state index in [2.05, 4.69) is 24.8 Å². The van der Waals surface area contributed by atoms with Crippen LogP contribution in [-0.4, -0.2) is 47.2 Å². The van der Waals surface area contributed by atoms with E-state index >= 15 is 0 Å². The topological polar surface area (TPSA) is 20.2 Å². The number of aliphatic hydroxyl groups is 1. The molecule has 1 nitrogen and oxygen atoms in total. The molecule has 0 atom stereocenters. The van der Waals surface area contributed by atoms with Crippen LogP contribution in [0.4, 0.5) is 0 Å². The van der Waals surface area contributed by atoms with E-state index in [1.54, 1.807) is 0 Å². The van der Waals surface area contributed by atoms with Crippen LogP contribution in [0.2, 0.25) is 0 Å². The van der Waals surface area contributed by atoms with Crippen molar-refractivity contribution in [3.05, 3.63) is 0 Å². The van der Waals surface area contributed by atoms with Crippen LogP contribution < -0.4 is 0 Å². The summed E-state index contributed by atoms with van der Waals surface area (Å²) in [4.78, 5) is 0. The minimum absolute atomic E-state index is 0. The van der Waals surface area contributed by atoms with Gasteiger partial charge in [0.2, 0.25) is 4.38 Å². The Morgan fingerprint density at radius 3 is 1.80 bits per heavy atom. The second-order valence-corrected chi connectivity index (χ2v) is 1.40. The first kappa shape index (κ1) is 9.71. The summed E-state index contributed by atoms with van der Waals surface area (Å²) in [7, 11) is 0. The Bertz CT molecular complexity index is 32.6. The van der Waals surface area contributed by atoms with Gasteiger partial charge in [0.05, 0.1) is 0 Å². The average molecular weight is 136 g/mol. The maximum absolute atomic E-state index is 7.65. The molecule has 0 unspecified atom stereocenters. The van der Waals surface area contributed by atoms with Gasteiger partial charge < -0.3 is 5.11 Å². The normalized spacial score (nSPS) is 5.00. The summed E-state index contributed by atoms with van der Waals surface area (Å²) in [6.45, 7) is 0. The van der Waals surface area contributed by atoms with Gasteiger partial charge in [-0.05, 0) is 12.2 Å². The quantitative estimate of drug-likeness (QED) is 0.274. The molecule has 0 aliphatic heterocycles. The molecule has 0 aliphatic rings. The molecule has 5 heavy (non-hydrogen) atoms. The SMILES string of the molecule is OC(=S)S.[CaH2]. The Morgan fingerprint density at radius 2 is 1.80 bits per heavy atom. The molecule has 0 fully saturated rings. The Balaban J connectivity index is 0. The first-order valence-electron chi connectivity index (χ1n) is 0.651. The molecule has 28 valence electrons. The van der Waals surface area contributed by atoms with E-state index in [4.69, 9.17) is 5.11 Å². The van der Waals surface area contributed by atoms with Gasteiger partial charge in [-0.1, -0.05) is 12.6 Å². The summed E-state index contributed by atoms with van der Waals surface area (Å²) < 4.78 is -0.306. The summed E-state index contributed by atoms with van der Waals surface area (Å²) in [5.41, 5.74) is 0. The fraction of sp³-hybridized carbons (Fsp3) is 0. The van der Waals surface area contributed by atoms with E-state index in [-0.39, 0.29) is 42.1 Å².